The lowest BCUT2D eigenvalue weighted by atomic mass is 10.1. The summed E-state index contributed by atoms with van der Waals surface area (Å²) in [5.41, 5.74) is 2.14. The van der Waals surface area contributed by atoms with Crippen LogP contribution >= 0.6 is 0 Å². The zero-order valence-electron chi connectivity index (χ0n) is 18.9. The summed E-state index contributed by atoms with van der Waals surface area (Å²) in [5, 5.41) is 11.6. The van der Waals surface area contributed by atoms with Crippen molar-refractivity contribution >= 4 is 23.0 Å². The highest BCUT2D eigenvalue weighted by atomic mass is 16.6. The van der Waals surface area contributed by atoms with Gasteiger partial charge in [-0.15, -0.1) is 0 Å². The number of nitro groups is 1. The second kappa shape index (κ2) is 9.95. The third-order valence-corrected chi connectivity index (χ3v) is 6.04. The van der Waals surface area contributed by atoms with E-state index in [0.717, 1.165) is 5.69 Å². The fourth-order valence-corrected chi connectivity index (χ4v) is 4.20. The molecule has 0 bridgehead atoms. The number of piperazine rings is 1. The van der Waals surface area contributed by atoms with E-state index in [0.29, 0.717) is 75.2 Å². The fourth-order valence-electron chi connectivity index (χ4n) is 4.20. The lowest BCUT2D eigenvalue weighted by Gasteiger charge is -2.37. The van der Waals surface area contributed by atoms with E-state index in [1.807, 2.05) is 11.0 Å². The first-order chi connectivity index (χ1) is 16.0. The number of methoxy groups -OCH3 is 2. The Labute approximate surface area is 192 Å². The van der Waals surface area contributed by atoms with Crippen molar-refractivity contribution in [2.24, 2.45) is 0 Å². The number of carbonyl (C=O) groups excluding carboxylic acids is 1. The van der Waals surface area contributed by atoms with Gasteiger partial charge >= 0.3 is 0 Å². The molecule has 2 aliphatic heterocycles. The molecule has 0 aromatic heterocycles. The SMILES string of the molecule is COc1cc(OC)cc(C(=O)N2CCN(c3ccc([N+](=O)[O-])c(N4CCOCC4)c3)CC2)c1. The van der Waals surface area contributed by atoms with E-state index in [4.69, 9.17) is 14.2 Å². The Morgan fingerprint density at radius 3 is 2.12 bits per heavy atom. The number of hydrogen-bond donors (Lipinski definition) is 0. The standard InChI is InChI=1S/C23H28N4O6/c1-31-19-13-17(14-20(16-19)32-2)23(28)26-7-5-24(6-8-26)18-3-4-21(27(29)30)22(15-18)25-9-11-33-12-10-25/h3-4,13-16H,5-12H2,1-2H3. The number of rotatable bonds is 6. The molecule has 2 fully saturated rings. The third-order valence-electron chi connectivity index (χ3n) is 6.04. The lowest BCUT2D eigenvalue weighted by Crippen LogP contribution is -2.48. The van der Waals surface area contributed by atoms with Crippen LogP contribution in [0.25, 0.3) is 0 Å². The average Bonchev–Trinajstić information content (AvgIpc) is 2.88. The smallest absolute Gasteiger partial charge is 0.292 e. The van der Waals surface area contributed by atoms with Gasteiger partial charge in [-0.3, -0.25) is 14.9 Å². The van der Waals surface area contributed by atoms with E-state index in [2.05, 4.69) is 4.90 Å². The molecular formula is C23H28N4O6. The lowest BCUT2D eigenvalue weighted by molar-refractivity contribution is -0.384. The maximum atomic E-state index is 13.1. The molecule has 2 saturated heterocycles. The van der Waals surface area contributed by atoms with E-state index in [1.165, 1.54) is 0 Å². The van der Waals surface area contributed by atoms with E-state index in [9.17, 15) is 14.9 Å². The van der Waals surface area contributed by atoms with Gasteiger partial charge in [0.05, 0.1) is 32.4 Å². The van der Waals surface area contributed by atoms with Crippen LogP contribution in [0.3, 0.4) is 0 Å². The Bertz CT molecular complexity index is 994. The Morgan fingerprint density at radius 2 is 1.55 bits per heavy atom. The van der Waals surface area contributed by atoms with Crippen LogP contribution < -0.4 is 19.3 Å². The molecule has 0 radical (unpaired) electrons. The van der Waals surface area contributed by atoms with E-state index in [-0.39, 0.29) is 16.5 Å². The number of anilines is 2. The average molecular weight is 456 g/mol. The maximum Gasteiger partial charge on any atom is 0.292 e. The largest absolute Gasteiger partial charge is 0.497 e. The summed E-state index contributed by atoms with van der Waals surface area (Å²) in [4.78, 5) is 30.3. The zero-order valence-corrected chi connectivity index (χ0v) is 18.9. The van der Waals surface area contributed by atoms with Crippen molar-refractivity contribution in [3.8, 4) is 11.5 Å². The third kappa shape index (κ3) is 4.95. The molecule has 2 aromatic rings. The molecule has 33 heavy (non-hydrogen) atoms. The number of ether oxygens (including phenoxy) is 3. The van der Waals surface area contributed by atoms with Crippen molar-refractivity contribution in [3.05, 3.63) is 52.1 Å². The van der Waals surface area contributed by atoms with Crippen LogP contribution in [0.5, 0.6) is 11.5 Å². The van der Waals surface area contributed by atoms with Crippen LogP contribution in [0.4, 0.5) is 17.1 Å². The molecule has 10 nitrogen and oxygen atoms in total. The van der Waals surface area contributed by atoms with Crippen LogP contribution in [-0.4, -0.2) is 82.4 Å². The molecule has 0 N–H and O–H groups in total. The van der Waals surface area contributed by atoms with Gasteiger partial charge in [-0.2, -0.15) is 0 Å². The highest BCUT2D eigenvalue weighted by Crippen LogP contribution is 2.33. The predicted molar refractivity (Wildman–Crippen MR) is 124 cm³/mol. The number of morpholine rings is 1. The maximum absolute atomic E-state index is 13.1. The Hall–Kier alpha value is -3.53. The van der Waals surface area contributed by atoms with E-state index in [1.54, 1.807) is 49.5 Å². The molecule has 1 amide bonds. The number of nitrogens with zero attached hydrogens (tertiary/aromatic N) is 4. The number of benzene rings is 2. The van der Waals surface area contributed by atoms with Crippen LogP contribution in [0.1, 0.15) is 10.4 Å². The van der Waals surface area contributed by atoms with Gasteiger partial charge in [0.1, 0.15) is 17.2 Å². The molecule has 2 aliphatic rings. The van der Waals surface area contributed by atoms with Gasteiger partial charge in [0, 0.05) is 62.7 Å². The summed E-state index contributed by atoms with van der Waals surface area (Å²) in [6, 6.07) is 10.4. The van der Waals surface area contributed by atoms with Crippen molar-refractivity contribution in [2.45, 2.75) is 0 Å². The van der Waals surface area contributed by atoms with Gasteiger partial charge in [0.2, 0.25) is 0 Å². The molecule has 2 aromatic carbocycles. The first kappa shape index (κ1) is 22.7. The number of hydrogen-bond acceptors (Lipinski definition) is 8. The minimum Gasteiger partial charge on any atom is -0.497 e. The van der Waals surface area contributed by atoms with Gasteiger partial charge in [0.25, 0.3) is 11.6 Å². The van der Waals surface area contributed by atoms with Gasteiger partial charge in [-0.25, -0.2) is 0 Å². The second-order valence-corrected chi connectivity index (χ2v) is 7.91. The van der Waals surface area contributed by atoms with E-state index >= 15 is 0 Å². The first-order valence-electron chi connectivity index (χ1n) is 10.9. The monoisotopic (exact) mass is 456 g/mol. The molecule has 0 atom stereocenters. The van der Waals surface area contributed by atoms with Crippen molar-refractivity contribution in [1.29, 1.82) is 0 Å². The molecule has 0 spiro atoms. The van der Waals surface area contributed by atoms with Crippen LogP contribution in [0, 0.1) is 10.1 Å². The zero-order chi connectivity index (χ0) is 23.4. The summed E-state index contributed by atoms with van der Waals surface area (Å²) in [6.45, 7) is 4.70. The number of amides is 1. The predicted octanol–water partition coefficient (Wildman–Crippen LogP) is 2.41. The van der Waals surface area contributed by atoms with Gasteiger partial charge < -0.3 is 28.9 Å². The van der Waals surface area contributed by atoms with Gasteiger partial charge in [-0.05, 0) is 24.3 Å². The number of carbonyl (C=O) groups is 1. The Morgan fingerprint density at radius 1 is 0.909 bits per heavy atom. The molecule has 0 unspecified atom stereocenters. The van der Waals surface area contributed by atoms with Crippen molar-refractivity contribution in [1.82, 2.24) is 4.90 Å². The van der Waals surface area contributed by atoms with Crippen LogP contribution in [0.15, 0.2) is 36.4 Å². The second-order valence-electron chi connectivity index (χ2n) is 7.91. The summed E-state index contributed by atoms with van der Waals surface area (Å²) in [5.74, 6) is 1.06. The van der Waals surface area contributed by atoms with Crippen molar-refractivity contribution < 1.29 is 23.9 Å². The highest BCUT2D eigenvalue weighted by molar-refractivity contribution is 5.95. The summed E-state index contributed by atoms with van der Waals surface area (Å²) in [6.07, 6.45) is 0. The molecule has 0 saturated carbocycles. The summed E-state index contributed by atoms with van der Waals surface area (Å²) < 4.78 is 16.0. The minimum atomic E-state index is -0.340. The highest BCUT2D eigenvalue weighted by Gasteiger charge is 2.26. The molecule has 0 aliphatic carbocycles. The molecule has 10 heteroatoms. The summed E-state index contributed by atoms with van der Waals surface area (Å²) >= 11 is 0. The first-order valence-corrected chi connectivity index (χ1v) is 10.9. The molecule has 2 heterocycles. The van der Waals surface area contributed by atoms with Crippen molar-refractivity contribution in [2.75, 3.05) is 76.5 Å². The Balaban J connectivity index is 1.47. The van der Waals surface area contributed by atoms with Crippen LogP contribution in [-0.2, 0) is 4.74 Å². The van der Waals surface area contributed by atoms with Gasteiger partial charge in [0.15, 0.2) is 0 Å². The molecular weight excluding hydrogens is 428 g/mol. The topological polar surface area (TPSA) is 97.6 Å². The summed E-state index contributed by atoms with van der Waals surface area (Å²) in [7, 11) is 3.11. The molecule has 176 valence electrons. The Kier molecular flexibility index (Phi) is 6.83. The quantitative estimate of drug-likeness (QED) is 0.483. The fraction of sp³-hybridized carbons (Fsp3) is 0.435. The van der Waals surface area contributed by atoms with Crippen molar-refractivity contribution in [3.63, 3.8) is 0 Å². The van der Waals surface area contributed by atoms with Crippen LogP contribution in [0.2, 0.25) is 0 Å². The minimum absolute atomic E-state index is 0.0791. The normalized spacial score (nSPS) is 16.5. The molecule has 4 rings (SSSR count). The van der Waals surface area contributed by atoms with Gasteiger partial charge in [-0.1, -0.05) is 0 Å². The van der Waals surface area contributed by atoms with E-state index < -0.39 is 0 Å². The number of nitro benzene ring substituents is 1.